The first-order chi connectivity index (χ1) is 6.77. The minimum atomic E-state index is 0.292. The number of alkyl halides is 1. The lowest BCUT2D eigenvalue weighted by molar-refractivity contribution is -0.129. The Bertz CT molecular complexity index is 179. The van der Waals surface area contributed by atoms with Crippen LogP contribution in [0.5, 0.6) is 0 Å². The zero-order chi connectivity index (χ0) is 10.4. The molecule has 0 aromatic carbocycles. The number of piperazine rings is 1. The molecule has 4 heteroatoms. The highest BCUT2D eigenvalue weighted by atomic mass is 127. The van der Waals surface area contributed by atoms with Gasteiger partial charge in [-0.25, -0.2) is 0 Å². The number of carbonyl (C=O) groups excluding carboxylic acids is 1. The second-order valence-electron chi connectivity index (χ2n) is 3.71. The molecular formula is C10H19IN2O. The largest absolute Gasteiger partial charge is 0.339 e. The first kappa shape index (κ1) is 12.2. The van der Waals surface area contributed by atoms with Gasteiger partial charge in [0.2, 0.25) is 5.91 Å². The van der Waals surface area contributed by atoms with Gasteiger partial charge in [0.1, 0.15) is 0 Å². The summed E-state index contributed by atoms with van der Waals surface area (Å²) in [6, 6.07) is 0. The first-order valence-corrected chi connectivity index (χ1v) is 6.86. The Morgan fingerprint density at radius 3 is 2.43 bits per heavy atom. The monoisotopic (exact) mass is 310 g/mol. The summed E-state index contributed by atoms with van der Waals surface area (Å²) < 4.78 is 0.618. The van der Waals surface area contributed by atoms with Crippen molar-refractivity contribution in [1.82, 2.24) is 9.80 Å². The van der Waals surface area contributed by atoms with Crippen LogP contribution in [0.1, 0.15) is 19.8 Å². The quantitative estimate of drug-likeness (QED) is 0.578. The van der Waals surface area contributed by atoms with Crippen molar-refractivity contribution in [1.29, 1.82) is 0 Å². The van der Waals surface area contributed by atoms with E-state index in [9.17, 15) is 4.79 Å². The maximum atomic E-state index is 11.4. The van der Waals surface area contributed by atoms with Gasteiger partial charge >= 0.3 is 0 Å². The van der Waals surface area contributed by atoms with E-state index >= 15 is 0 Å². The molecule has 0 spiro atoms. The highest BCUT2D eigenvalue weighted by Crippen LogP contribution is 2.04. The fraction of sp³-hybridized carbons (Fsp3) is 0.900. The van der Waals surface area contributed by atoms with E-state index in [4.69, 9.17) is 0 Å². The molecule has 0 bridgehead atoms. The van der Waals surface area contributed by atoms with Crippen LogP contribution in [0.15, 0.2) is 0 Å². The van der Waals surface area contributed by atoms with Crippen LogP contribution in [0.4, 0.5) is 0 Å². The zero-order valence-electron chi connectivity index (χ0n) is 8.84. The number of hydrogen-bond donors (Lipinski definition) is 0. The molecule has 0 saturated carbocycles. The van der Waals surface area contributed by atoms with E-state index in [1.807, 2.05) is 4.90 Å². The molecule has 0 unspecified atom stereocenters. The number of amides is 1. The third kappa shape index (κ3) is 3.73. The summed E-state index contributed by atoms with van der Waals surface area (Å²) in [5.41, 5.74) is 0. The molecule has 0 radical (unpaired) electrons. The Labute approximate surface area is 100.0 Å². The molecule has 0 aliphatic carbocycles. The van der Waals surface area contributed by atoms with E-state index in [2.05, 4.69) is 34.4 Å². The van der Waals surface area contributed by atoms with E-state index in [0.29, 0.717) is 10.3 Å². The van der Waals surface area contributed by atoms with Gasteiger partial charge in [0, 0.05) is 26.2 Å². The number of unbranched alkanes of at least 4 members (excludes halogenated alkanes) is 1. The second kappa shape index (κ2) is 6.61. The lowest BCUT2D eigenvalue weighted by Gasteiger charge is -2.34. The second-order valence-corrected chi connectivity index (χ2v) is 4.47. The molecule has 14 heavy (non-hydrogen) atoms. The van der Waals surface area contributed by atoms with Gasteiger partial charge in [-0.3, -0.25) is 9.69 Å². The normalized spacial score (nSPS) is 18.6. The molecule has 0 N–H and O–H groups in total. The Morgan fingerprint density at radius 1 is 1.29 bits per heavy atom. The third-order valence-electron chi connectivity index (χ3n) is 2.67. The number of halogens is 1. The Kier molecular flexibility index (Phi) is 5.77. The standard InChI is InChI=1S/C10H19IN2O/c1-2-3-4-12-5-7-13(8-6-12)10(14)9-11/h2-9H2,1H3. The summed E-state index contributed by atoms with van der Waals surface area (Å²) >= 11 is 2.14. The molecule has 3 nitrogen and oxygen atoms in total. The average Bonchev–Trinajstić information content (AvgIpc) is 2.26. The average molecular weight is 310 g/mol. The zero-order valence-corrected chi connectivity index (χ0v) is 11.0. The number of rotatable bonds is 4. The van der Waals surface area contributed by atoms with E-state index < -0.39 is 0 Å². The topological polar surface area (TPSA) is 23.6 Å². The van der Waals surface area contributed by atoms with Crippen LogP contribution < -0.4 is 0 Å². The lowest BCUT2D eigenvalue weighted by Crippen LogP contribution is -2.49. The molecule has 0 aromatic heterocycles. The van der Waals surface area contributed by atoms with Crippen molar-refractivity contribution in [2.75, 3.05) is 37.2 Å². The number of nitrogens with zero attached hydrogens (tertiary/aromatic N) is 2. The minimum absolute atomic E-state index is 0.292. The summed E-state index contributed by atoms with van der Waals surface area (Å²) in [7, 11) is 0. The maximum Gasteiger partial charge on any atom is 0.232 e. The van der Waals surface area contributed by atoms with E-state index in [1.54, 1.807) is 0 Å². The van der Waals surface area contributed by atoms with Gasteiger partial charge in [-0.1, -0.05) is 35.9 Å². The van der Waals surface area contributed by atoms with Crippen LogP contribution in [0.3, 0.4) is 0 Å². The van der Waals surface area contributed by atoms with Crippen molar-refractivity contribution in [2.24, 2.45) is 0 Å². The SMILES string of the molecule is CCCCN1CCN(C(=O)CI)CC1. The third-order valence-corrected chi connectivity index (χ3v) is 3.32. The highest BCUT2D eigenvalue weighted by Gasteiger charge is 2.19. The summed E-state index contributed by atoms with van der Waals surface area (Å²) in [5.74, 6) is 0.292. The van der Waals surface area contributed by atoms with Crippen LogP contribution in [-0.2, 0) is 4.79 Å². The molecule has 1 aliphatic rings. The number of hydrogen-bond acceptors (Lipinski definition) is 2. The minimum Gasteiger partial charge on any atom is -0.339 e. The van der Waals surface area contributed by atoms with Crippen LogP contribution in [0, 0.1) is 0 Å². The predicted octanol–water partition coefficient (Wildman–Crippen LogP) is 1.37. The Balaban J connectivity index is 2.20. The van der Waals surface area contributed by atoms with Crippen LogP contribution >= 0.6 is 22.6 Å². The van der Waals surface area contributed by atoms with Crippen molar-refractivity contribution in [3.05, 3.63) is 0 Å². The first-order valence-electron chi connectivity index (χ1n) is 5.34. The molecule has 1 amide bonds. The summed E-state index contributed by atoms with van der Waals surface area (Å²) in [6.45, 7) is 7.38. The molecule has 1 fully saturated rings. The molecule has 1 aliphatic heterocycles. The number of carbonyl (C=O) groups is 1. The van der Waals surface area contributed by atoms with Crippen molar-refractivity contribution in [2.45, 2.75) is 19.8 Å². The van der Waals surface area contributed by atoms with Crippen LogP contribution in [0.2, 0.25) is 0 Å². The smallest absolute Gasteiger partial charge is 0.232 e. The van der Waals surface area contributed by atoms with Crippen molar-refractivity contribution in [3.63, 3.8) is 0 Å². The molecule has 1 rings (SSSR count). The van der Waals surface area contributed by atoms with Crippen molar-refractivity contribution < 1.29 is 4.79 Å². The molecule has 1 heterocycles. The Hall–Kier alpha value is 0.160. The van der Waals surface area contributed by atoms with Gasteiger partial charge in [-0.15, -0.1) is 0 Å². The van der Waals surface area contributed by atoms with Gasteiger partial charge in [-0.05, 0) is 13.0 Å². The summed E-state index contributed by atoms with van der Waals surface area (Å²) in [4.78, 5) is 15.8. The van der Waals surface area contributed by atoms with Gasteiger partial charge in [0.15, 0.2) is 0 Å². The maximum absolute atomic E-state index is 11.4. The molecule has 0 aromatic rings. The van der Waals surface area contributed by atoms with Gasteiger partial charge < -0.3 is 4.90 Å². The molecule has 1 saturated heterocycles. The fourth-order valence-electron chi connectivity index (χ4n) is 1.69. The van der Waals surface area contributed by atoms with Crippen molar-refractivity contribution in [3.8, 4) is 0 Å². The van der Waals surface area contributed by atoms with Crippen LogP contribution in [-0.4, -0.2) is 52.9 Å². The molecular weight excluding hydrogens is 291 g/mol. The van der Waals surface area contributed by atoms with Crippen molar-refractivity contribution >= 4 is 28.5 Å². The van der Waals surface area contributed by atoms with Gasteiger partial charge in [-0.2, -0.15) is 0 Å². The molecule has 82 valence electrons. The van der Waals surface area contributed by atoms with E-state index in [1.165, 1.54) is 19.4 Å². The summed E-state index contributed by atoms with van der Waals surface area (Å²) in [6.07, 6.45) is 2.53. The van der Waals surface area contributed by atoms with Gasteiger partial charge in [0.05, 0.1) is 4.43 Å². The fourth-order valence-corrected chi connectivity index (χ4v) is 2.17. The van der Waals surface area contributed by atoms with Gasteiger partial charge in [0.25, 0.3) is 0 Å². The highest BCUT2D eigenvalue weighted by molar-refractivity contribution is 14.1. The van der Waals surface area contributed by atoms with E-state index in [0.717, 1.165) is 26.2 Å². The van der Waals surface area contributed by atoms with Crippen LogP contribution in [0.25, 0.3) is 0 Å². The Morgan fingerprint density at radius 2 is 1.93 bits per heavy atom. The lowest BCUT2D eigenvalue weighted by atomic mass is 10.2. The van der Waals surface area contributed by atoms with E-state index in [-0.39, 0.29) is 0 Å². The summed E-state index contributed by atoms with van der Waals surface area (Å²) in [5, 5.41) is 0. The predicted molar refractivity (Wildman–Crippen MR) is 66.8 cm³/mol. The molecule has 0 atom stereocenters.